The van der Waals surface area contributed by atoms with Gasteiger partial charge in [0.1, 0.15) is 11.6 Å². The smallest absolute Gasteiger partial charge is 0.323 e. The molecule has 15 heavy (non-hydrogen) atoms. The molecule has 0 aromatic carbocycles. The minimum atomic E-state index is -0.563. The van der Waals surface area contributed by atoms with Crippen molar-refractivity contribution < 1.29 is 14.3 Å². The Bertz CT molecular complexity index is 216. The molecule has 4 heteroatoms. The standard InChI is InChI=1S/C11H21NO3/c1-11(2,3)15-10(13)9(12)7-8-5-4-6-14-8/h8-9H,4-7,12H2,1-3H3/t8-,9?/m1/s1. The maximum atomic E-state index is 11.5. The van der Waals surface area contributed by atoms with Crippen LogP contribution in [0.15, 0.2) is 0 Å². The van der Waals surface area contributed by atoms with E-state index >= 15 is 0 Å². The number of esters is 1. The highest BCUT2D eigenvalue weighted by Gasteiger charge is 2.26. The van der Waals surface area contributed by atoms with Gasteiger partial charge < -0.3 is 15.2 Å². The molecule has 0 aromatic heterocycles. The quantitative estimate of drug-likeness (QED) is 0.719. The summed E-state index contributed by atoms with van der Waals surface area (Å²) in [5.74, 6) is -0.335. The van der Waals surface area contributed by atoms with Crippen LogP contribution in [-0.2, 0) is 14.3 Å². The first-order chi connectivity index (χ1) is 6.88. The number of carbonyl (C=O) groups excluding carboxylic acids is 1. The van der Waals surface area contributed by atoms with Gasteiger partial charge in [-0.25, -0.2) is 0 Å². The van der Waals surface area contributed by atoms with Gasteiger partial charge in [-0.05, 0) is 40.0 Å². The van der Waals surface area contributed by atoms with E-state index in [1.165, 1.54) is 0 Å². The average Bonchev–Trinajstić information content (AvgIpc) is 2.53. The van der Waals surface area contributed by atoms with E-state index in [1.54, 1.807) is 0 Å². The van der Waals surface area contributed by atoms with Crippen molar-refractivity contribution in [1.82, 2.24) is 0 Å². The van der Waals surface area contributed by atoms with Gasteiger partial charge in [-0.15, -0.1) is 0 Å². The molecule has 0 saturated carbocycles. The molecule has 1 saturated heterocycles. The van der Waals surface area contributed by atoms with Crippen LogP contribution in [0.2, 0.25) is 0 Å². The zero-order valence-corrected chi connectivity index (χ0v) is 9.79. The highest BCUT2D eigenvalue weighted by molar-refractivity contribution is 5.75. The number of hydrogen-bond acceptors (Lipinski definition) is 4. The van der Waals surface area contributed by atoms with E-state index in [0.29, 0.717) is 6.42 Å². The average molecular weight is 215 g/mol. The van der Waals surface area contributed by atoms with E-state index in [0.717, 1.165) is 19.4 Å². The first-order valence-corrected chi connectivity index (χ1v) is 5.48. The van der Waals surface area contributed by atoms with Crippen LogP contribution in [0.5, 0.6) is 0 Å². The predicted molar refractivity (Wildman–Crippen MR) is 57.4 cm³/mol. The van der Waals surface area contributed by atoms with Gasteiger partial charge >= 0.3 is 5.97 Å². The molecule has 1 aliphatic rings. The lowest BCUT2D eigenvalue weighted by atomic mass is 10.1. The molecule has 1 aliphatic heterocycles. The van der Waals surface area contributed by atoms with Crippen LogP contribution in [-0.4, -0.2) is 30.3 Å². The lowest BCUT2D eigenvalue weighted by Gasteiger charge is -2.23. The Labute approximate surface area is 91.1 Å². The lowest BCUT2D eigenvalue weighted by Crippen LogP contribution is -2.39. The molecule has 1 unspecified atom stereocenters. The van der Waals surface area contributed by atoms with Crippen molar-refractivity contribution in [2.24, 2.45) is 5.73 Å². The minimum Gasteiger partial charge on any atom is -0.459 e. The van der Waals surface area contributed by atoms with Crippen LogP contribution in [0.4, 0.5) is 0 Å². The summed E-state index contributed by atoms with van der Waals surface area (Å²) in [5, 5.41) is 0. The molecule has 0 aromatic rings. The molecule has 1 rings (SSSR count). The maximum Gasteiger partial charge on any atom is 0.323 e. The number of ether oxygens (including phenoxy) is 2. The largest absolute Gasteiger partial charge is 0.459 e. The van der Waals surface area contributed by atoms with Crippen molar-refractivity contribution in [3.8, 4) is 0 Å². The number of hydrogen-bond donors (Lipinski definition) is 1. The molecule has 0 bridgehead atoms. The lowest BCUT2D eigenvalue weighted by molar-refractivity contribution is -0.157. The van der Waals surface area contributed by atoms with Crippen LogP contribution in [0.1, 0.15) is 40.0 Å². The summed E-state index contributed by atoms with van der Waals surface area (Å²) in [4.78, 5) is 11.5. The van der Waals surface area contributed by atoms with Crippen molar-refractivity contribution in [3.05, 3.63) is 0 Å². The molecular formula is C11H21NO3. The molecule has 1 fully saturated rings. The molecular weight excluding hydrogens is 194 g/mol. The second kappa shape index (κ2) is 4.94. The molecule has 0 radical (unpaired) electrons. The highest BCUT2D eigenvalue weighted by atomic mass is 16.6. The SMILES string of the molecule is CC(C)(C)OC(=O)C(N)C[C@H]1CCCO1. The molecule has 4 nitrogen and oxygen atoms in total. The van der Waals surface area contributed by atoms with Gasteiger partial charge in [0.05, 0.1) is 6.10 Å². The molecule has 2 atom stereocenters. The summed E-state index contributed by atoms with van der Waals surface area (Å²) in [6.07, 6.45) is 2.75. The van der Waals surface area contributed by atoms with Gasteiger partial charge in [0.25, 0.3) is 0 Å². The van der Waals surface area contributed by atoms with Gasteiger partial charge in [0, 0.05) is 6.61 Å². The van der Waals surface area contributed by atoms with Crippen LogP contribution < -0.4 is 5.73 Å². The summed E-state index contributed by atoms with van der Waals surface area (Å²) in [6, 6.07) is -0.563. The Kier molecular flexibility index (Phi) is 4.11. The molecule has 1 heterocycles. The summed E-state index contributed by atoms with van der Waals surface area (Å²) in [7, 11) is 0. The molecule has 0 amide bonds. The Hall–Kier alpha value is -0.610. The third-order valence-electron chi connectivity index (χ3n) is 2.25. The zero-order chi connectivity index (χ0) is 11.5. The van der Waals surface area contributed by atoms with E-state index < -0.39 is 11.6 Å². The molecule has 0 spiro atoms. The van der Waals surface area contributed by atoms with Gasteiger partial charge in [0.2, 0.25) is 0 Å². The van der Waals surface area contributed by atoms with E-state index in [4.69, 9.17) is 15.2 Å². The molecule has 2 N–H and O–H groups in total. The topological polar surface area (TPSA) is 61.5 Å². The van der Waals surface area contributed by atoms with Crippen LogP contribution >= 0.6 is 0 Å². The zero-order valence-electron chi connectivity index (χ0n) is 9.79. The Morgan fingerprint density at radius 1 is 1.60 bits per heavy atom. The van der Waals surface area contributed by atoms with E-state index in [2.05, 4.69) is 0 Å². The van der Waals surface area contributed by atoms with Crippen LogP contribution in [0.25, 0.3) is 0 Å². The molecule has 88 valence electrons. The van der Waals surface area contributed by atoms with Crippen molar-refractivity contribution in [2.75, 3.05) is 6.61 Å². The van der Waals surface area contributed by atoms with Gasteiger partial charge in [0.15, 0.2) is 0 Å². The second-order valence-corrected chi connectivity index (χ2v) is 5.01. The fourth-order valence-corrected chi connectivity index (χ4v) is 1.59. The normalized spacial score (nSPS) is 23.9. The van der Waals surface area contributed by atoms with Crippen LogP contribution in [0.3, 0.4) is 0 Å². The summed E-state index contributed by atoms with van der Waals surface area (Å²) < 4.78 is 10.6. The Balaban J connectivity index is 2.32. The number of nitrogens with two attached hydrogens (primary N) is 1. The fraction of sp³-hybridized carbons (Fsp3) is 0.909. The Morgan fingerprint density at radius 2 is 2.27 bits per heavy atom. The van der Waals surface area contributed by atoms with E-state index in [-0.39, 0.29) is 12.1 Å². The maximum absolute atomic E-state index is 11.5. The third kappa shape index (κ3) is 4.62. The summed E-state index contributed by atoms with van der Waals surface area (Å²) >= 11 is 0. The van der Waals surface area contributed by atoms with Gasteiger partial charge in [-0.3, -0.25) is 4.79 Å². The van der Waals surface area contributed by atoms with Crippen molar-refractivity contribution >= 4 is 5.97 Å². The van der Waals surface area contributed by atoms with Gasteiger partial charge in [-0.2, -0.15) is 0 Å². The molecule has 0 aliphatic carbocycles. The monoisotopic (exact) mass is 215 g/mol. The number of rotatable bonds is 3. The van der Waals surface area contributed by atoms with Gasteiger partial charge in [-0.1, -0.05) is 0 Å². The first kappa shape index (κ1) is 12.5. The van der Waals surface area contributed by atoms with Crippen molar-refractivity contribution in [2.45, 2.75) is 57.8 Å². The second-order valence-electron chi connectivity index (χ2n) is 5.01. The number of carbonyl (C=O) groups is 1. The summed E-state index contributed by atoms with van der Waals surface area (Å²) in [6.45, 7) is 6.29. The predicted octanol–water partition coefficient (Wildman–Crippen LogP) is 1.22. The van der Waals surface area contributed by atoms with Crippen LogP contribution in [0, 0.1) is 0 Å². The fourth-order valence-electron chi connectivity index (χ4n) is 1.59. The highest BCUT2D eigenvalue weighted by Crippen LogP contribution is 2.17. The van der Waals surface area contributed by atoms with Crippen molar-refractivity contribution in [3.63, 3.8) is 0 Å². The Morgan fingerprint density at radius 3 is 2.73 bits per heavy atom. The van der Waals surface area contributed by atoms with E-state index in [1.807, 2.05) is 20.8 Å². The third-order valence-corrected chi connectivity index (χ3v) is 2.25. The van der Waals surface area contributed by atoms with E-state index in [9.17, 15) is 4.79 Å². The van der Waals surface area contributed by atoms with Crippen molar-refractivity contribution in [1.29, 1.82) is 0 Å². The minimum absolute atomic E-state index is 0.132. The summed E-state index contributed by atoms with van der Waals surface area (Å²) in [5.41, 5.74) is 5.28. The first-order valence-electron chi connectivity index (χ1n) is 5.48.